The van der Waals surface area contributed by atoms with Gasteiger partial charge < -0.3 is 14.2 Å². The van der Waals surface area contributed by atoms with Crippen LogP contribution in [0.4, 0.5) is 5.69 Å². The molecule has 0 saturated carbocycles. The summed E-state index contributed by atoms with van der Waals surface area (Å²) in [7, 11) is 3.81. The highest BCUT2D eigenvalue weighted by Crippen LogP contribution is 2.08. The molecule has 0 fully saturated rings. The lowest BCUT2D eigenvalue weighted by Gasteiger charge is -2.15. The van der Waals surface area contributed by atoms with Crippen LogP contribution < -0.4 is 10.4 Å². The monoisotopic (exact) mass is 221 g/mol. The minimum absolute atomic E-state index is 0.244. The second-order valence-electron chi connectivity index (χ2n) is 3.73. The van der Waals surface area contributed by atoms with Gasteiger partial charge >= 0.3 is 7.12 Å². The molecule has 0 aliphatic carbocycles. The molecule has 0 N–H and O–H groups in total. The van der Waals surface area contributed by atoms with Crippen molar-refractivity contribution in [2.75, 3.05) is 32.2 Å². The molecule has 0 radical (unpaired) electrons. The van der Waals surface area contributed by atoms with Crippen molar-refractivity contribution < 1.29 is 9.31 Å². The van der Waals surface area contributed by atoms with Crippen LogP contribution in [-0.2, 0) is 9.31 Å². The molecule has 0 amide bonds. The summed E-state index contributed by atoms with van der Waals surface area (Å²) in [5.41, 5.74) is 2.24. The Hall–Kier alpha value is -0.995. The van der Waals surface area contributed by atoms with Gasteiger partial charge in [0.05, 0.1) is 0 Å². The van der Waals surface area contributed by atoms with E-state index in [4.69, 9.17) is 9.31 Å². The first-order valence-corrected chi connectivity index (χ1v) is 5.69. The molecule has 0 unspecified atom stereocenters. The maximum absolute atomic E-state index is 5.53. The number of anilines is 1. The Morgan fingerprint density at radius 3 is 1.88 bits per heavy atom. The van der Waals surface area contributed by atoms with Crippen molar-refractivity contribution in [3.63, 3.8) is 0 Å². The molecule has 0 aliphatic heterocycles. The van der Waals surface area contributed by atoms with E-state index < -0.39 is 0 Å². The second kappa shape index (κ2) is 6.56. The van der Waals surface area contributed by atoms with Gasteiger partial charge in [-0.25, -0.2) is 0 Å². The fraction of sp³-hybridized carbons (Fsp3) is 0.500. The van der Waals surface area contributed by atoms with Gasteiger partial charge in [-0.3, -0.25) is 0 Å². The third-order valence-corrected chi connectivity index (χ3v) is 2.32. The SMILES string of the molecule is CCOB(OCC)c1ccc(N(C)C)cc1. The van der Waals surface area contributed by atoms with Crippen LogP contribution in [0, 0.1) is 0 Å². The Kier molecular flexibility index (Phi) is 5.36. The third kappa shape index (κ3) is 3.54. The molecule has 0 heterocycles. The Bertz CT molecular complexity index is 294. The maximum atomic E-state index is 5.53. The lowest BCUT2D eigenvalue weighted by atomic mass is 9.78. The van der Waals surface area contributed by atoms with Crippen LogP contribution in [0.2, 0.25) is 0 Å². The Morgan fingerprint density at radius 1 is 1.00 bits per heavy atom. The number of hydrogen-bond donors (Lipinski definition) is 0. The molecule has 0 aromatic heterocycles. The van der Waals surface area contributed by atoms with E-state index in [1.54, 1.807) is 0 Å². The topological polar surface area (TPSA) is 21.7 Å². The van der Waals surface area contributed by atoms with Gasteiger partial charge in [0, 0.05) is 33.0 Å². The zero-order valence-corrected chi connectivity index (χ0v) is 10.6. The van der Waals surface area contributed by atoms with E-state index in [-0.39, 0.29) is 7.12 Å². The number of nitrogens with zero attached hydrogens (tertiary/aromatic N) is 1. The van der Waals surface area contributed by atoms with E-state index in [1.807, 2.05) is 40.1 Å². The second-order valence-corrected chi connectivity index (χ2v) is 3.73. The fourth-order valence-electron chi connectivity index (χ4n) is 1.47. The molecule has 0 atom stereocenters. The van der Waals surface area contributed by atoms with Crippen LogP contribution in [0.25, 0.3) is 0 Å². The first-order valence-electron chi connectivity index (χ1n) is 5.69. The van der Waals surface area contributed by atoms with Gasteiger partial charge in [-0.2, -0.15) is 0 Å². The van der Waals surface area contributed by atoms with E-state index in [9.17, 15) is 0 Å². The smallest absolute Gasteiger partial charge is 0.408 e. The van der Waals surface area contributed by atoms with Gasteiger partial charge in [-0.1, -0.05) is 12.1 Å². The van der Waals surface area contributed by atoms with Gasteiger partial charge in [0.2, 0.25) is 0 Å². The molecule has 1 aromatic carbocycles. The zero-order valence-electron chi connectivity index (χ0n) is 10.6. The standard InChI is InChI=1S/C12H20BNO2/c1-5-15-13(16-6-2)11-7-9-12(10-8-11)14(3)4/h7-10H,5-6H2,1-4H3. The van der Waals surface area contributed by atoms with Crippen molar-refractivity contribution in [1.82, 2.24) is 0 Å². The first-order chi connectivity index (χ1) is 7.69. The maximum Gasteiger partial charge on any atom is 0.493 e. The zero-order chi connectivity index (χ0) is 12.0. The summed E-state index contributed by atoms with van der Waals surface area (Å²) in [6, 6.07) is 8.23. The van der Waals surface area contributed by atoms with Crippen LogP contribution in [0.3, 0.4) is 0 Å². The molecule has 0 saturated heterocycles. The van der Waals surface area contributed by atoms with Gasteiger partial charge in [0.1, 0.15) is 0 Å². The molecular weight excluding hydrogens is 201 g/mol. The van der Waals surface area contributed by atoms with Crippen molar-refractivity contribution in [3.8, 4) is 0 Å². The first kappa shape index (κ1) is 13.1. The molecule has 0 bridgehead atoms. The van der Waals surface area contributed by atoms with Crippen molar-refractivity contribution >= 4 is 18.3 Å². The minimum Gasteiger partial charge on any atom is -0.408 e. The number of hydrogen-bond acceptors (Lipinski definition) is 3. The fourth-order valence-corrected chi connectivity index (χ4v) is 1.47. The van der Waals surface area contributed by atoms with Crippen LogP contribution >= 0.6 is 0 Å². The van der Waals surface area contributed by atoms with E-state index in [0.717, 1.165) is 5.46 Å². The third-order valence-electron chi connectivity index (χ3n) is 2.32. The highest BCUT2D eigenvalue weighted by molar-refractivity contribution is 6.61. The molecule has 4 heteroatoms. The van der Waals surface area contributed by atoms with Crippen LogP contribution in [0.1, 0.15) is 13.8 Å². The summed E-state index contributed by atoms with van der Waals surface area (Å²) >= 11 is 0. The molecule has 3 nitrogen and oxygen atoms in total. The molecule has 88 valence electrons. The lowest BCUT2D eigenvalue weighted by molar-refractivity contribution is 0.225. The highest BCUT2D eigenvalue weighted by Gasteiger charge is 2.19. The molecule has 1 aromatic rings. The molecule has 0 aliphatic rings. The number of rotatable bonds is 6. The van der Waals surface area contributed by atoms with Crippen LogP contribution in [0.5, 0.6) is 0 Å². The Labute approximate surface area is 98.5 Å². The van der Waals surface area contributed by atoms with E-state index in [2.05, 4.69) is 17.0 Å². The predicted molar refractivity (Wildman–Crippen MR) is 69.4 cm³/mol. The molecule has 16 heavy (non-hydrogen) atoms. The van der Waals surface area contributed by atoms with E-state index in [1.165, 1.54) is 5.69 Å². The van der Waals surface area contributed by atoms with E-state index >= 15 is 0 Å². The van der Waals surface area contributed by atoms with Gasteiger partial charge in [0.25, 0.3) is 0 Å². The van der Waals surface area contributed by atoms with Gasteiger partial charge in [-0.15, -0.1) is 0 Å². The largest absolute Gasteiger partial charge is 0.493 e. The molecule has 1 rings (SSSR count). The average molecular weight is 221 g/mol. The van der Waals surface area contributed by atoms with Crippen molar-refractivity contribution in [2.45, 2.75) is 13.8 Å². The van der Waals surface area contributed by atoms with Gasteiger partial charge in [-0.05, 0) is 31.4 Å². The van der Waals surface area contributed by atoms with Crippen molar-refractivity contribution in [1.29, 1.82) is 0 Å². The summed E-state index contributed by atoms with van der Waals surface area (Å²) in [5, 5.41) is 0. The Balaban J connectivity index is 2.76. The number of benzene rings is 1. The summed E-state index contributed by atoms with van der Waals surface area (Å²) < 4.78 is 11.1. The minimum atomic E-state index is -0.244. The highest BCUT2D eigenvalue weighted by atomic mass is 16.6. The molecule has 0 spiro atoms. The normalized spacial score (nSPS) is 10.2. The van der Waals surface area contributed by atoms with E-state index in [0.29, 0.717) is 13.2 Å². The summed E-state index contributed by atoms with van der Waals surface area (Å²) in [6.07, 6.45) is 0. The summed E-state index contributed by atoms with van der Waals surface area (Å²) in [5.74, 6) is 0. The Morgan fingerprint density at radius 2 is 1.50 bits per heavy atom. The van der Waals surface area contributed by atoms with Gasteiger partial charge in [0.15, 0.2) is 0 Å². The van der Waals surface area contributed by atoms with Crippen LogP contribution in [0.15, 0.2) is 24.3 Å². The molecular formula is C12H20BNO2. The van der Waals surface area contributed by atoms with Crippen molar-refractivity contribution in [2.24, 2.45) is 0 Å². The van der Waals surface area contributed by atoms with Crippen LogP contribution in [-0.4, -0.2) is 34.4 Å². The van der Waals surface area contributed by atoms with Crippen molar-refractivity contribution in [3.05, 3.63) is 24.3 Å². The quantitative estimate of drug-likeness (QED) is 0.680. The lowest BCUT2D eigenvalue weighted by Crippen LogP contribution is -2.37. The predicted octanol–water partition coefficient (Wildman–Crippen LogP) is 1.52. The summed E-state index contributed by atoms with van der Waals surface area (Å²) in [4.78, 5) is 2.07. The summed E-state index contributed by atoms with van der Waals surface area (Å²) in [6.45, 7) is 5.25. The average Bonchev–Trinajstić information content (AvgIpc) is 2.29.